The van der Waals surface area contributed by atoms with Gasteiger partial charge in [0.05, 0.1) is 23.4 Å². The van der Waals surface area contributed by atoms with Gasteiger partial charge in [-0.3, -0.25) is 9.20 Å². The van der Waals surface area contributed by atoms with Crippen LogP contribution in [0.25, 0.3) is 17.0 Å². The van der Waals surface area contributed by atoms with Gasteiger partial charge in [-0.2, -0.15) is 13.2 Å². The minimum atomic E-state index is -4.67. The summed E-state index contributed by atoms with van der Waals surface area (Å²) in [7, 11) is 0. The van der Waals surface area contributed by atoms with Gasteiger partial charge in [0.15, 0.2) is 11.5 Å². The van der Waals surface area contributed by atoms with E-state index in [0.29, 0.717) is 23.1 Å². The number of urea groups is 1. The Morgan fingerprint density at radius 2 is 1.73 bits per heavy atom. The summed E-state index contributed by atoms with van der Waals surface area (Å²) in [6.07, 6.45) is -3.01. The number of anilines is 2. The van der Waals surface area contributed by atoms with Crippen molar-refractivity contribution in [1.29, 1.82) is 0 Å². The number of pyridine rings is 1. The van der Waals surface area contributed by atoms with Crippen LogP contribution in [-0.4, -0.2) is 45.2 Å². The minimum absolute atomic E-state index is 0.184. The first-order valence-corrected chi connectivity index (χ1v) is 12.5. The number of carbonyl (C=O) groups is 3. The van der Waals surface area contributed by atoms with E-state index in [1.165, 1.54) is 12.1 Å². The zero-order chi connectivity index (χ0) is 29.7. The fourth-order valence-electron chi connectivity index (χ4n) is 3.95. The van der Waals surface area contributed by atoms with Gasteiger partial charge in [0.2, 0.25) is 0 Å². The molecule has 1 atom stereocenters. The van der Waals surface area contributed by atoms with Crippen LogP contribution >= 0.6 is 0 Å². The molecule has 10 nitrogen and oxygen atoms in total. The first kappa shape index (κ1) is 28.9. The van der Waals surface area contributed by atoms with E-state index in [1.54, 1.807) is 55.6 Å². The zero-order valence-electron chi connectivity index (χ0n) is 22.2. The van der Waals surface area contributed by atoms with Gasteiger partial charge < -0.3 is 20.7 Å². The monoisotopic (exact) mass is 566 g/mol. The van der Waals surface area contributed by atoms with E-state index in [4.69, 9.17) is 4.74 Å². The van der Waals surface area contributed by atoms with Crippen LogP contribution in [0.2, 0.25) is 0 Å². The van der Waals surface area contributed by atoms with Gasteiger partial charge in [-0.25, -0.2) is 9.59 Å². The van der Waals surface area contributed by atoms with Crippen molar-refractivity contribution in [2.45, 2.75) is 33.0 Å². The maximum Gasteiger partial charge on any atom is 0.419 e. The van der Waals surface area contributed by atoms with Crippen LogP contribution in [0.4, 0.5) is 29.3 Å². The highest BCUT2D eigenvalue weighted by Gasteiger charge is 2.34. The van der Waals surface area contributed by atoms with Crippen LogP contribution in [0, 0.1) is 18.1 Å². The first-order valence-electron chi connectivity index (χ1n) is 12.5. The Labute approximate surface area is 232 Å². The lowest BCUT2D eigenvalue weighted by molar-refractivity contribution is -0.146. The Morgan fingerprint density at radius 1 is 1.02 bits per heavy atom. The van der Waals surface area contributed by atoms with Crippen LogP contribution in [0.15, 0.2) is 54.7 Å². The molecule has 3 N–H and O–H groups in total. The van der Waals surface area contributed by atoms with Gasteiger partial charge in [0.25, 0.3) is 5.91 Å². The summed E-state index contributed by atoms with van der Waals surface area (Å²) in [5.74, 6) is -0.873. The van der Waals surface area contributed by atoms with Crippen molar-refractivity contribution in [3.05, 3.63) is 78.0 Å². The van der Waals surface area contributed by atoms with Crippen molar-refractivity contribution in [3.8, 4) is 11.4 Å². The predicted molar refractivity (Wildman–Crippen MR) is 143 cm³/mol. The number of nitrogens with one attached hydrogen (secondary N) is 3. The lowest BCUT2D eigenvalue weighted by Crippen LogP contribution is -2.45. The largest absolute Gasteiger partial charge is 0.464 e. The van der Waals surface area contributed by atoms with Crippen molar-refractivity contribution in [1.82, 2.24) is 19.9 Å². The summed E-state index contributed by atoms with van der Waals surface area (Å²) < 4.78 is 46.2. The zero-order valence-corrected chi connectivity index (χ0v) is 22.2. The summed E-state index contributed by atoms with van der Waals surface area (Å²) in [5.41, 5.74) is -0.161. The molecule has 0 saturated heterocycles. The summed E-state index contributed by atoms with van der Waals surface area (Å²) >= 11 is 0. The van der Waals surface area contributed by atoms with Gasteiger partial charge in [-0.15, -0.1) is 10.2 Å². The Bertz CT molecular complexity index is 1570. The van der Waals surface area contributed by atoms with E-state index >= 15 is 0 Å². The third kappa shape index (κ3) is 6.55. The molecule has 0 aliphatic rings. The second kappa shape index (κ2) is 12.0. The molecule has 4 rings (SSSR count). The van der Waals surface area contributed by atoms with Crippen molar-refractivity contribution in [2.75, 3.05) is 17.2 Å². The minimum Gasteiger partial charge on any atom is -0.464 e. The summed E-state index contributed by atoms with van der Waals surface area (Å²) in [5, 5.41) is 15.7. The molecule has 13 heteroatoms. The van der Waals surface area contributed by atoms with Gasteiger partial charge in [-0.05, 0) is 49.2 Å². The van der Waals surface area contributed by atoms with Gasteiger partial charge in [0.1, 0.15) is 6.04 Å². The molecule has 0 unspecified atom stereocenters. The normalized spacial score (nSPS) is 12.0. The number of hydrogen-bond acceptors (Lipinski definition) is 6. The predicted octanol–water partition coefficient (Wildman–Crippen LogP) is 4.98. The Kier molecular flexibility index (Phi) is 8.42. The molecule has 2 heterocycles. The highest BCUT2D eigenvalue weighted by molar-refractivity contribution is 6.02. The van der Waals surface area contributed by atoms with Crippen molar-refractivity contribution in [3.63, 3.8) is 0 Å². The smallest absolute Gasteiger partial charge is 0.419 e. The third-order valence-corrected chi connectivity index (χ3v) is 5.93. The number of ether oxygens (including phenoxy) is 1. The molecule has 0 spiro atoms. The molecule has 3 amide bonds. The van der Waals surface area contributed by atoms with Crippen molar-refractivity contribution in [2.24, 2.45) is 5.92 Å². The molecule has 0 saturated carbocycles. The number of benzene rings is 1. The highest BCUT2D eigenvalue weighted by atomic mass is 19.4. The number of nitrogens with zero attached hydrogens (tertiary/aromatic N) is 3. The average molecular weight is 567 g/mol. The number of hydrogen-bond donors (Lipinski definition) is 3. The van der Waals surface area contributed by atoms with Crippen molar-refractivity contribution >= 4 is 34.9 Å². The molecule has 0 bridgehead atoms. The summed E-state index contributed by atoms with van der Waals surface area (Å²) in [6, 6.07) is 14.1. The summed E-state index contributed by atoms with van der Waals surface area (Å²) in [4.78, 5) is 37.7. The maximum absolute atomic E-state index is 13.2. The van der Waals surface area contributed by atoms with E-state index in [0.717, 1.165) is 6.07 Å². The molecule has 212 valence electrons. The van der Waals surface area contributed by atoms with Crippen LogP contribution in [-0.2, 0) is 15.7 Å². The number of esters is 1. The molecule has 2 aromatic carbocycles. The lowest BCUT2D eigenvalue weighted by atomic mass is 10.0. The molecule has 0 aliphatic carbocycles. The number of rotatable bonds is 8. The highest BCUT2D eigenvalue weighted by Crippen LogP contribution is 2.34. The van der Waals surface area contributed by atoms with Gasteiger partial charge >= 0.3 is 18.2 Å². The first-order chi connectivity index (χ1) is 19.5. The van der Waals surface area contributed by atoms with Gasteiger partial charge in [0, 0.05) is 29.6 Å². The van der Waals surface area contributed by atoms with Crippen LogP contribution in [0.1, 0.15) is 36.7 Å². The molecule has 0 radical (unpaired) electrons. The van der Waals surface area contributed by atoms with Crippen molar-refractivity contribution < 1.29 is 32.3 Å². The molecule has 0 aliphatic heterocycles. The fraction of sp³-hybridized carbons (Fsp3) is 0.250. The maximum atomic E-state index is 13.2. The second-order valence-electron chi connectivity index (χ2n) is 9.15. The average Bonchev–Trinajstić information content (AvgIpc) is 3.36. The number of alkyl halides is 3. The Balaban J connectivity index is 1.50. The number of aromatic nitrogens is 3. The van der Waals surface area contributed by atoms with Crippen LogP contribution in [0.3, 0.4) is 0 Å². The van der Waals surface area contributed by atoms with E-state index in [9.17, 15) is 27.6 Å². The van der Waals surface area contributed by atoms with Crippen LogP contribution in [0.5, 0.6) is 0 Å². The second-order valence-corrected chi connectivity index (χ2v) is 9.15. The van der Waals surface area contributed by atoms with Crippen LogP contribution < -0.4 is 16.0 Å². The number of fused-ring (bicyclic) bond motifs is 1. The van der Waals surface area contributed by atoms with E-state index in [1.807, 2.05) is 0 Å². The topological polar surface area (TPSA) is 127 Å². The van der Waals surface area contributed by atoms with E-state index in [2.05, 4.69) is 38.3 Å². The quantitative estimate of drug-likeness (QED) is 0.258. The molecular formula is C28H25F3N6O4. The molecular weight excluding hydrogens is 541 g/mol. The summed E-state index contributed by atoms with van der Waals surface area (Å²) in [6.45, 7) is 5.45. The third-order valence-electron chi connectivity index (χ3n) is 5.93. The Morgan fingerprint density at radius 3 is 2.39 bits per heavy atom. The Hall–Kier alpha value is -5.12. The number of amides is 3. The number of halogens is 3. The molecule has 2 aromatic heterocycles. The van der Waals surface area contributed by atoms with E-state index in [-0.39, 0.29) is 23.7 Å². The van der Waals surface area contributed by atoms with Gasteiger partial charge in [-0.1, -0.05) is 26.0 Å². The molecule has 4 aromatic rings. The molecule has 41 heavy (non-hydrogen) atoms. The lowest BCUT2D eigenvalue weighted by Gasteiger charge is -2.20. The molecule has 0 fully saturated rings. The standard InChI is InChI=1S/C28H25F3N6O4/c1-4-41-26(39)22(16(2)3)34-25(38)19-8-7-15-37-23(35-36-24(19)37)17-11-13-18(14-12-17)32-27(40)33-21-10-6-5-9-20(21)28(29,30)31/h7-16,22H,4H2,1-3H3,(H,34,38)(H2,32,33,40)/t22-/m0/s1. The fourth-order valence-corrected chi connectivity index (χ4v) is 3.95. The number of carbonyl (C=O) groups excluding carboxylic acids is 3. The SMILES string of the molecule is CCOC(=O)[C@@H](NC(=O)c1cccn2c(-c3ccc(NC(=O)Nc4cc#ccc4C(F)(F)F)cc3)nnc12)C(C)C. The van der Waals surface area contributed by atoms with E-state index < -0.39 is 41.4 Å².